The van der Waals surface area contributed by atoms with Crippen LogP contribution < -0.4 is 10.9 Å². The van der Waals surface area contributed by atoms with Crippen molar-refractivity contribution >= 4 is 5.82 Å². The molecule has 0 spiro atoms. The maximum Gasteiger partial charge on any atom is 0.293 e. The Labute approximate surface area is 102 Å². The number of hydrogen-bond donors (Lipinski definition) is 2. The molecule has 0 aromatic carbocycles. The zero-order chi connectivity index (χ0) is 13.0. The molecule has 1 atom stereocenters. The van der Waals surface area contributed by atoms with Crippen LogP contribution in [0.25, 0.3) is 0 Å². The Balaban J connectivity index is 2.99. The maximum atomic E-state index is 12.0. The summed E-state index contributed by atoms with van der Waals surface area (Å²) in [6.45, 7) is 7.83. The van der Waals surface area contributed by atoms with E-state index in [4.69, 9.17) is 0 Å². The minimum Gasteiger partial charge on any atom is -0.394 e. The van der Waals surface area contributed by atoms with Crippen molar-refractivity contribution in [3.05, 3.63) is 22.7 Å². The van der Waals surface area contributed by atoms with Crippen LogP contribution >= 0.6 is 0 Å². The molecule has 0 bridgehead atoms. The summed E-state index contributed by atoms with van der Waals surface area (Å²) in [7, 11) is 0. The summed E-state index contributed by atoms with van der Waals surface area (Å²) in [6.07, 6.45) is 3.26. The Morgan fingerprint density at radius 3 is 2.53 bits per heavy atom. The molecule has 1 rings (SSSR count). The van der Waals surface area contributed by atoms with E-state index in [1.165, 1.54) is 0 Å². The second kappa shape index (κ2) is 5.82. The molecule has 0 aliphatic carbocycles. The average Bonchev–Trinajstić information content (AvgIpc) is 2.26. The summed E-state index contributed by atoms with van der Waals surface area (Å²) < 4.78 is 1.62. The lowest BCUT2D eigenvalue weighted by Gasteiger charge is -2.20. The number of aromatic nitrogens is 2. The number of aliphatic hydroxyl groups is 1. The van der Waals surface area contributed by atoms with Gasteiger partial charge in [-0.25, -0.2) is 4.98 Å². The fraction of sp³-hybridized carbons (Fsp3) is 0.667. The van der Waals surface area contributed by atoms with Gasteiger partial charge in [0.05, 0.1) is 12.6 Å². The van der Waals surface area contributed by atoms with E-state index in [1.54, 1.807) is 17.0 Å². The molecule has 17 heavy (non-hydrogen) atoms. The van der Waals surface area contributed by atoms with Crippen molar-refractivity contribution in [3.8, 4) is 0 Å². The molecule has 5 heteroatoms. The average molecular weight is 239 g/mol. The maximum absolute atomic E-state index is 12.0. The third kappa shape index (κ3) is 3.30. The molecule has 0 fully saturated rings. The van der Waals surface area contributed by atoms with E-state index in [2.05, 4.69) is 10.3 Å². The molecular weight excluding hydrogens is 218 g/mol. The van der Waals surface area contributed by atoms with Crippen LogP contribution in [-0.4, -0.2) is 27.3 Å². The number of nitrogens with one attached hydrogen (secondary N) is 1. The molecule has 0 unspecified atom stereocenters. The Kier molecular flexibility index (Phi) is 4.69. The van der Waals surface area contributed by atoms with Crippen molar-refractivity contribution in [1.29, 1.82) is 0 Å². The zero-order valence-electron chi connectivity index (χ0n) is 10.8. The Morgan fingerprint density at radius 2 is 2.06 bits per heavy atom. The van der Waals surface area contributed by atoms with Crippen molar-refractivity contribution in [2.45, 2.75) is 39.8 Å². The number of rotatable bonds is 5. The predicted octanol–water partition coefficient (Wildman–Crippen LogP) is 1.25. The molecular formula is C12H21N3O2. The van der Waals surface area contributed by atoms with Crippen LogP contribution in [0, 0.1) is 5.92 Å². The van der Waals surface area contributed by atoms with Crippen LogP contribution in [0.2, 0.25) is 0 Å². The predicted molar refractivity (Wildman–Crippen MR) is 68.2 cm³/mol. The Morgan fingerprint density at radius 1 is 1.41 bits per heavy atom. The molecule has 96 valence electrons. The molecule has 1 heterocycles. The molecule has 2 N–H and O–H groups in total. The largest absolute Gasteiger partial charge is 0.394 e. The Bertz CT molecular complexity index is 412. The molecule has 0 saturated heterocycles. The fourth-order valence-electron chi connectivity index (χ4n) is 1.53. The van der Waals surface area contributed by atoms with Gasteiger partial charge >= 0.3 is 0 Å². The van der Waals surface area contributed by atoms with Crippen LogP contribution in [-0.2, 0) is 0 Å². The minimum atomic E-state index is -0.154. The van der Waals surface area contributed by atoms with Crippen molar-refractivity contribution in [3.63, 3.8) is 0 Å². The standard InChI is InChI=1S/C12H21N3O2/c1-8(2)10(7-16)14-11-12(17)15(9(3)4)6-5-13-11/h5-6,8-10,16H,7H2,1-4H3,(H,13,14)/t10-/m1/s1. The summed E-state index contributed by atoms with van der Waals surface area (Å²) in [5.41, 5.74) is -0.151. The highest BCUT2D eigenvalue weighted by atomic mass is 16.3. The van der Waals surface area contributed by atoms with E-state index in [-0.39, 0.29) is 30.2 Å². The smallest absolute Gasteiger partial charge is 0.293 e. The summed E-state index contributed by atoms with van der Waals surface area (Å²) in [6, 6.07) is -0.0594. The van der Waals surface area contributed by atoms with Gasteiger partial charge in [0.2, 0.25) is 0 Å². The minimum absolute atomic E-state index is 0.0185. The summed E-state index contributed by atoms with van der Waals surface area (Å²) >= 11 is 0. The molecule has 0 aliphatic rings. The first-order valence-electron chi connectivity index (χ1n) is 5.92. The number of aliphatic hydroxyl groups excluding tert-OH is 1. The lowest BCUT2D eigenvalue weighted by molar-refractivity contribution is 0.249. The van der Waals surface area contributed by atoms with Gasteiger partial charge in [0.15, 0.2) is 5.82 Å². The molecule has 0 aliphatic heterocycles. The summed E-state index contributed by atoms with van der Waals surface area (Å²) in [5, 5.41) is 12.2. The van der Waals surface area contributed by atoms with Gasteiger partial charge in [-0.3, -0.25) is 4.79 Å². The molecule has 0 saturated carbocycles. The number of anilines is 1. The second-order valence-corrected chi connectivity index (χ2v) is 4.76. The lowest BCUT2D eigenvalue weighted by atomic mass is 10.1. The van der Waals surface area contributed by atoms with E-state index in [1.807, 2.05) is 27.7 Å². The van der Waals surface area contributed by atoms with E-state index < -0.39 is 0 Å². The fourth-order valence-corrected chi connectivity index (χ4v) is 1.53. The van der Waals surface area contributed by atoms with Crippen LogP contribution in [0.15, 0.2) is 17.2 Å². The van der Waals surface area contributed by atoms with Crippen molar-refractivity contribution in [1.82, 2.24) is 9.55 Å². The molecule has 5 nitrogen and oxygen atoms in total. The zero-order valence-corrected chi connectivity index (χ0v) is 10.8. The van der Waals surface area contributed by atoms with Crippen LogP contribution in [0.1, 0.15) is 33.7 Å². The number of hydrogen-bond acceptors (Lipinski definition) is 4. The lowest BCUT2D eigenvalue weighted by Crippen LogP contribution is -2.34. The van der Waals surface area contributed by atoms with Crippen molar-refractivity contribution in [2.75, 3.05) is 11.9 Å². The first kappa shape index (κ1) is 13.7. The van der Waals surface area contributed by atoms with Gasteiger partial charge in [0.25, 0.3) is 5.56 Å². The van der Waals surface area contributed by atoms with Gasteiger partial charge in [0, 0.05) is 18.4 Å². The number of nitrogens with zero attached hydrogens (tertiary/aromatic N) is 2. The van der Waals surface area contributed by atoms with Gasteiger partial charge < -0.3 is 15.0 Å². The normalized spacial score (nSPS) is 13.1. The third-order valence-electron chi connectivity index (χ3n) is 2.75. The highest BCUT2D eigenvalue weighted by molar-refractivity contribution is 5.32. The van der Waals surface area contributed by atoms with Gasteiger partial charge in [0.1, 0.15) is 0 Å². The second-order valence-electron chi connectivity index (χ2n) is 4.76. The molecule has 0 radical (unpaired) electrons. The van der Waals surface area contributed by atoms with E-state index in [9.17, 15) is 9.90 Å². The Hall–Kier alpha value is -1.36. The summed E-state index contributed by atoms with van der Waals surface area (Å²) in [5.74, 6) is 0.530. The highest BCUT2D eigenvalue weighted by Crippen LogP contribution is 2.07. The van der Waals surface area contributed by atoms with Crippen molar-refractivity contribution < 1.29 is 5.11 Å². The first-order chi connectivity index (χ1) is 7.97. The van der Waals surface area contributed by atoms with E-state index >= 15 is 0 Å². The molecule has 1 aromatic heterocycles. The van der Waals surface area contributed by atoms with Gasteiger partial charge in [-0.1, -0.05) is 13.8 Å². The van der Waals surface area contributed by atoms with Crippen LogP contribution in [0.3, 0.4) is 0 Å². The molecule has 0 amide bonds. The van der Waals surface area contributed by atoms with Crippen LogP contribution in [0.5, 0.6) is 0 Å². The monoisotopic (exact) mass is 239 g/mol. The van der Waals surface area contributed by atoms with Crippen LogP contribution in [0.4, 0.5) is 5.82 Å². The summed E-state index contributed by atoms with van der Waals surface area (Å²) in [4.78, 5) is 16.1. The topological polar surface area (TPSA) is 67.2 Å². The first-order valence-corrected chi connectivity index (χ1v) is 5.92. The van der Waals surface area contributed by atoms with E-state index in [0.717, 1.165) is 0 Å². The quantitative estimate of drug-likeness (QED) is 0.811. The van der Waals surface area contributed by atoms with Crippen molar-refractivity contribution in [2.24, 2.45) is 5.92 Å². The third-order valence-corrected chi connectivity index (χ3v) is 2.75. The highest BCUT2D eigenvalue weighted by Gasteiger charge is 2.15. The van der Waals surface area contributed by atoms with Gasteiger partial charge in [-0.2, -0.15) is 0 Å². The molecule has 1 aromatic rings. The van der Waals surface area contributed by atoms with Gasteiger partial charge in [-0.15, -0.1) is 0 Å². The van der Waals surface area contributed by atoms with E-state index in [0.29, 0.717) is 5.82 Å². The SMILES string of the molecule is CC(C)[C@@H](CO)Nc1nccn(C(C)C)c1=O. The van der Waals surface area contributed by atoms with Gasteiger partial charge in [-0.05, 0) is 19.8 Å².